The molecule has 0 spiro atoms. The Morgan fingerprint density at radius 1 is 1.44 bits per heavy atom. The normalized spacial score (nSPS) is 19.7. The molecular weight excluding hydrogens is 320 g/mol. The molecule has 1 fully saturated rings. The first-order valence-electron chi connectivity index (χ1n) is 8.76. The first-order valence-corrected chi connectivity index (χ1v) is 8.76. The maximum absolute atomic E-state index is 12.8. The molecule has 0 bridgehead atoms. The SMILES string of the molecule is C[C@H](NC(=O)N1CCCC[C@H]1c1cn[nH]c1)c1nc(C(C)(C)C)no1. The fourth-order valence-electron chi connectivity index (χ4n) is 3.01. The molecule has 3 rings (SSSR count). The van der Waals surface area contributed by atoms with Crippen LogP contribution >= 0.6 is 0 Å². The molecule has 136 valence electrons. The lowest BCUT2D eigenvalue weighted by atomic mass is 9.96. The van der Waals surface area contributed by atoms with Crippen LogP contribution < -0.4 is 5.32 Å². The molecule has 0 unspecified atom stereocenters. The molecule has 2 aromatic heterocycles. The Kier molecular flexibility index (Phi) is 4.78. The standard InChI is InChI=1S/C17H26N6O2/c1-11(14-21-15(22-25-14)17(2,3)4)20-16(24)23-8-6-5-7-13(23)12-9-18-19-10-12/h9-11,13H,5-8H2,1-4H3,(H,18,19)(H,20,24)/t11-,13-/m0/s1. The van der Waals surface area contributed by atoms with E-state index in [-0.39, 0.29) is 23.5 Å². The maximum Gasteiger partial charge on any atom is 0.318 e. The Morgan fingerprint density at radius 3 is 2.88 bits per heavy atom. The molecule has 2 aromatic rings. The minimum absolute atomic E-state index is 0.0486. The molecule has 25 heavy (non-hydrogen) atoms. The van der Waals surface area contributed by atoms with Crippen molar-refractivity contribution >= 4 is 6.03 Å². The number of carbonyl (C=O) groups is 1. The molecular formula is C17H26N6O2. The van der Waals surface area contributed by atoms with Crippen molar-refractivity contribution < 1.29 is 9.32 Å². The lowest BCUT2D eigenvalue weighted by Crippen LogP contribution is -2.45. The molecule has 8 nitrogen and oxygen atoms in total. The first-order chi connectivity index (χ1) is 11.9. The summed E-state index contributed by atoms with van der Waals surface area (Å²) in [5.74, 6) is 1.06. The van der Waals surface area contributed by atoms with Gasteiger partial charge in [0.15, 0.2) is 5.82 Å². The first kappa shape index (κ1) is 17.4. The van der Waals surface area contributed by atoms with E-state index in [1.54, 1.807) is 6.20 Å². The van der Waals surface area contributed by atoms with Crippen LogP contribution in [0.3, 0.4) is 0 Å². The van der Waals surface area contributed by atoms with Crippen molar-refractivity contribution in [2.75, 3.05) is 6.54 Å². The molecule has 3 heterocycles. The third-order valence-electron chi connectivity index (χ3n) is 4.49. The van der Waals surface area contributed by atoms with Gasteiger partial charge in [-0.2, -0.15) is 10.1 Å². The molecule has 1 saturated heterocycles. The third-order valence-corrected chi connectivity index (χ3v) is 4.49. The Balaban J connectivity index is 1.69. The van der Waals surface area contributed by atoms with Gasteiger partial charge in [0.25, 0.3) is 0 Å². The highest BCUT2D eigenvalue weighted by atomic mass is 16.5. The molecule has 1 aliphatic heterocycles. The number of piperidine rings is 1. The molecule has 0 aliphatic carbocycles. The zero-order valence-corrected chi connectivity index (χ0v) is 15.2. The summed E-state index contributed by atoms with van der Waals surface area (Å²) in [6, 6.07) is -0.413. The Morgan fingerprint density at radius 2 is 2.24 bits per heavy atom. The average Bonchev–Trinajstić information content (AvgIpc) is 3.26. The second-order valence-corrected chi connectivity index (χ2v) is 7.61. The molecule has 2 amide bonds. The lowest BCUT2D eigenvalue weighted by Gasteiger charge is -2.35. The van der Waals surface area contributed by atoms with E-state index in [1.165, 1.54) is 0 Å². The molecule has 1 aliphatic rings. The Labute approximate surface area is 147 Å². The van der Waals surface area contributed by atoms with Crippen LogP contribution in [0.1, 0.15) is 76.3 Å². The van der Waals surface area contributed by atoms with E-state index in [9.17, 15) is 4.79 Å². The summed E-state index contributed by atoms with van der Waals surface area (Å²) in [6.45, 7) is 8.65. The summed E-state index contributed by atoms with van der Waals surface area (Å²) < 4.78 is 5.33. The number of H-pyrrole nitrogens is 1. The van der Waals surface area contributed by atoms with Crippen LogP contribution in [0.15, 0.2) is 16.9 Å². The van der Waals surface area contributed by atoms with Gasteiger partial charge in [-0.15, -0.1) is 0 Å². The van der Waals surface area contributed by atoms with Crippen molar-refractivity contribution in [1.82, 2.24) is 30.6 Å². The number of rotatable bonds is 3. The second-order valence-electron chi connectivity index (χ2n) is 7.61. The van der Waals surface area contributed by atoms with Crippen LogP contribution in [0.5, 0.6) is 0 Å². The van der Waals surface area contributed by atoms with Gasteiger partial charge >= 0.3 is 6.03 Å². The summed E-state index contributed by atoms with van der Waals surface area (Å²) in [5, 5.41) is 13.8. The summed E-state index contributed by atoms with van der Waals surface area (Å²) in [7, 11) is 0. The van der Waals surface area contributed by atoms with Gasteiger partial charge in [-0.1, -0.05) is 25.9 Å². The summed E-state index contributed by atoms with van der Waals surface area (Å²) in [6.07, 6.45) is 6.69. The van der Waals surface area contributed by atoms with Crippen molar-refractivity contribution in [3.8, 4) is 0 Å². The molecule has 2 N–H and O–H groups in total. The number of nitrogens with zero attached hydrogens (tertiary/aromatic N) is 4. The van der Waals surface area contributed by atoms with Crippen LogP contribution in [-0.4, -0.2) is 37.8 Å². The van der Waals surface area contributed by atoms with Crippen molar-refractivity contribution in [2.24, 2.45) is 0 Å². The number of hydrogen-bond donors (Lipinski definition) is 2. The minimum atomic E-state index is -0.344. The predicted octanol–water partition coefficient (Wildman–Crippen LogP) is 3.09. The molecule has 0 radical (unpaired) electrons. The maximum atomic E-state index is 12.8. The quantitative estimate of drug-likeness (QED) is 0.889. The van der Waals surface area contributed by atoms with E-state index in [0.29, 0.717) is 11.7 Å². The van der Waals surface area contributed by atoms with E-state index in [4.69, 9.17) is 4.52 Å². The van der Waals surface area contributed by atoms with Crippen LogP contribution in [0, 0.1) is 0 Å². The van der Waals surface area contributed by atoms with Crippen LogP contribution in [0.2, 0.25) is 0 Å². The van der Waals surface area contributed by atoms with E-state index in [2.05, 4.69) is 25.7 Å². The van der Waals surface area contributed by atoms with Gasteiger partial charge in [0.1, 0.15) is 6.04 Å². The van der Waals surface area contributed by atoms with Gasteiger partial charge in [-0.3, -0.25) is 5.10 Å². The fraction of sp³-hybridized carbons (Fsp3) is 0.647. The third kappa shape index (κ3) is 3.83. The van der Waals surface area contributed by atoms with Gasteiger partial charge in [0.2, 0.25) is 5.89 Å². The smallest absolute Gasteiger partial charge is 0.318 e. The molecule has 2 atom stereocenters. The van der Waals surface area contributed by atoms with Crippen LogP contribution in [-0.2, 0) is 5.41 Å². The molecule has 0 aromatic carbocycles. The Bertz CT molecular complexity index is 703. The zero-order chi connectivity index (χ0) is 18.0. The van der Waals surface area contributed by atoms with Crippen molar-refractivity contribution in [2.45, 2.75) is 64.5 Å². The van der Waals surface area contributed by atoms with Gasteiger partial charge in [0, 0.05) is 23.7 Å². The van der Waals surface area contributed by atoms with Crippen molar-refractivity contribution in [3.05, 3.63) is 29.7 Å². The lowest BCUT2D eigenvalue weighted by molar-refractivity contribution is 0.147. The number of amides is 2. The number of aromatic amines is 1. The van der Waals surface area contributed by atoms with Crippen molar-refractivity contribution in [3.63, 3.8) is 0 Å². The number of carbonyl (C=O) groups excluding carboxylic acids is 1. The summed E-state index contributed by atoms with van der Waals surface area (Å²) in [5.41, 5.74) is 0.848. The second kappa shape index (κ2) is 6.85. The highest BCUT2D eigenvalue weighted by Crippen LogP contribution is 2.30. The van der Waals surface area contributed by atoms with E-state index in [1.807, 2.05) is 38.8 Å². The van der Waals surface area contributed by atoms with E-state index in [0.717, 1.165) is 31.4 Å². The molecule has 0 saturated carbocycles. The number of hydrogen-bond acceptors (Lipinski definition) is 5. The predicted molar refractivity (Wildman–Crippen MR) is 91.8 cm³/mol. The summed E-state index contributed by atoms with van der Waals surface area (Å²) >= 11 is 0. The highest BCUT2D eigenvalue weighted by Gasteiger charge is 2.30. The largest absolute Gasteiger partial charge is 0.337 e. The number of likely N-dealkylation sites (tertiary alicyclic amines) is 1. The fourth-order valence-corrected chi connectivity index (χ4v) is 3.01. The number of urea groups is 1. The van der Waals surface area contributed by atoms with Crippen LogP contribution in [0.4, 0.5) is 4.79 Å². The van der Waals surface area contributed by atoms with Gasteiger partial charge in [-0.05, 0) is 26.2 Å². The van der Waals surface area contributed by atoms with Crippen LogP contribution in [0.25, 0.3) is 0 Å². The van der Waals surface area contributed by atoms with Crippen molar-refractivity contribution in [1.29, 1.82) is 0 Å². The Hall–Kier alpha value is -2.38. The zero-order valence-electron chi connectivity index (χ0n) is 15.2. The average molecular weight is 346 g/mol. The van der Waals surface area contributed by atoms with E-state index >= 15 is 0 Å². The van der Waals surface area contributed by atoms with Gasteiger partial charge in [0.05, 0.1) is 12.2 Å². The molecule has 8 heteroatoms. The topological polar surface area (TPSA) is 99.9 Å². The van der Waals surface area contributed by atoms with Gasteiger partial charge in [-0.25, -0.2) is 4.79 Å². The number of aromatic nitrogens is 4. The van der Waals surface area contributed by atoms with Gasteiger partial charge < -0.3 is 14.7 Å². The summed E-state index contributed by atoms with van der Waals surface area (Å²) in [4.78, 5) is 19.1. The van der Waals surface area contributed by atoms with E-state index < -0.39 is 0 Å². The monoisotopic (exact) mass is 346 g/mol. The highest BCUT2D eigenvalue weighted by molar-refractivity contribution is 5.75. The minimum Gasteiger partial charge on any atom is -0.337 e. The number of nitrogens with one attached hydrogen (secondary N) is 2.